The molecule has 0 aliphatic rings. The van der Waals surface area contributed by atoms with Crippen LogP contribution >= 0.6 is 0 Å². The summed E-state index contributed by atoms with van der Waals surface area (Å²) in [7, 11) is 0. The summed E-state index contributed by atoms with van der Waals surface area (Å²) in [5.41, 5.74) is 5.49. The molecule has 0 unspecified atom stereocenters. The van der Waals surface area contributed by atoms with Gasteiger partial charge in [0, 0.05) is 22.2 Å². The van der Waals surface area contributed by atoms with E-state index in [0.717, 1.165) is 27.7 Å². The van der Waals surface area contributed by atoms with Gasteiger partial charge in [-0.15, -0.1) is 0 Å². The van der Waals surface area contributed by atoms with Crippen LogP contribution in [-0.2, 0) is 0 Å². The topological polar surface area (TPSA) is 86.5 Å². The van der Waals surface area contributed by atoms with Gasteiger partial charge in [0.05, 0.1) is 0 Å². The fraction of sp³-hybridized carbons (Fsp3) is 0.0625. The maximum Gasteiger partial charge on any atom is 3.00 e. The first-order chi connectivity index (χ1) is 17.9. The number of aromatic hydroxyl groups is 3. The van der Waals surface area contributed by atoms with Crippen molar-refractivity contribution in [3.05, 3.63) is 127 Å². The Morgan fingerprint density at radius 2 is 0.895 bits per heavy atom. The summed E-state index contributed by atoms with van der Waals surface area (Å²) in [6.45, 7) is 3.82. The molecule has 4 aromatic carbocycles. The SMILES string of the molecule is Cc1ccc2cccc(O)c2n1.Cc1ccc2cccc(O)c2n1.Oc1ccc(-c2ccccc2)cc1.[Al+3]. The fourth-order valence-electron chi connectivity index (χ4n) is 3.74. The molecule has 0 bridgehead atoms. The van der Waals surface area contributed by atoms with Crippen molar-refractivity contribution in [2.24, 2.45) is 0 Å². The second-order valence-electron chi connectivity index (χ2n) is 8.52. The van der Waals surface area contributed by atoms with E-state index in [1.54, 1.807) is 24.3 Å². The smallest absolute Gasteiger partial charge is 0.508 e. The Kier molecular flexibility index (Phi) is 9.84. The van der Waals surface area contributed by atoms with Gasteiger partial charge >= 0.3 is 17.4 Å². The average molecular weight is 516 g/mol. The summed E-state index contributed by atoms with van der Waals surface area (Å²) < 4.78 is 0. The third-order valence-electron chi connectivity index (χ3n) is 5.65. The van der Waals surface area contributed by atoms with Gasteiger partial charge in [-0.1, -0.05) is 78.9 Å². The van der Waals surface area contributed by atoms with Crippen LogP contribution in [0.4, 0.5) is 0 Å². The summed E-state index contributed by atoms with van der Waals surface area (Å²) >= 11 is 0. The number of fused-ring (bicyclic) bond motifs is 2. The number of phenolic OH excluding ortho intramolecular Hbond substituents is 3. The number of aryl methyl sites for hydroxylation is 2. The number of hydrogen-bond acceptors (Lipinski definition) is 5. The molecule has 5 nitrogen and oxygen atoms in total. The molecule has 0 saturated carbocycles. The monoisotopic (exact) mass is 515 g/mol. The van der Waals surface area contributed by atoms with E-state index in [9.17, 15) is 10.2 Å². The van der Waals surface area contributed by atoms with E-state index < -0.39 is 0 Å². The summed E-state index contributed by atoms with van der Waals surface area (Å²) in [6.07, 6.45) is 0. The van der Waals surface area contributed by atoms with E-state index in [-0.39, 0.29) is 28.9 Å². The van der Waals surface area contributed by atoms with Crippen molar-refractivity contribution in [1.82, 2.24) is 9.97 Å². The van der Waals surface area contributed by atoms with Crippen LogP contribution in [-0.4, -0.2) is 42.6 Å². The molecule has 0 spiro atoms. The number of pyridine rings is 2. The molecule has 6 heteroatoms. The van der Waals surface area contributed by atoms with Crippen molar-refractivity contribution in [1.29, 1.82) is 0 Å². The van der Waals surface area contributed by atoms with Gasteiger partial charge < -0.3 is 15.3 Å². The molecular weight excluding hydrogens is 487 g/mol. The Morgan fingerprint density at radius 3 is 1.37 bits per heavy atom. The Hall–Kier alpha value is -4.37. The number of nitrogens with zero attached hydrogens (tertiary/aromatic N) is 2. The van der Waals surface area contributed by atoms with Crippen LogP contribution in [0.5, 0.6) is 17.2 Å². The number of hydrogen-bond donors (Lipinski definition) is 3. The Morgan fingerprint density at radius 1 is 0.447 bits per heavy atom. The maximum atomic E-state index is 9.43. The van der Waals surface area contributed by atoms with Gasteiger partial charge in [0.25, 0.3) is 0 Å². The number of phenols is 3. The molecule has 0 radical (unpaired) electrons. The first-order valence-corrected chi connectivity index (χ1v) is 11.9. The number of aromatic nitrogens is 2. The van der Waals surface area contributed by atoms with Crippen molar-refractivity contribution in [2.45, 2.75) is 13.8 Å². The largest absolute Gasteiger partial charge is 3.00 e. The van der Waals surface area contributed by atoms with Crippen LogP contribution in [0.2, 0.25) is 0 Å². The second-order valence-corrected chi connectivity index (χ2v) is 8.52. The third kappa shape index (κ3) is 7.33. The molecule has 6 aromatic rings. The number of para-hydroxylation sites is 2. The Labute approximate surface area is 232 Å². The zero-order valence-electron chi connectivity index (χ0n) is 21.3. The molecule has 0 fully saturated rings. The molecule has 2 aromatic heterocycles. The minimum Gasteiger partial charge on any atom is -0.508 e. The second kappa shape index (κ2) is 13.3. The van der Waals surface area contributed by atoms with Gasteiger partial charge in [0.15, 0.2) is 0 Å². The molecule has 184 valence electrons. The average Bonchev–Trinajstić information content (AvgIpc) is 2.91. The van der Waals surface area contributed by atoms with Crippen LogP contribution in [0.3, 0.4) is 0 Å². The van der Waals surface area contributed by atoms with Crippen LogP contribution < -0.4 is 0 Å². The minimum absolute atomic E-state index is 0. The molecule has 3 N–H and O–H groups in total. The molecule has 0 aliphatic carbocycles. The Balaban J connectivity index is 0.000000156. The van der Waals surface area contributed by atoms with Crippen molar-refractivity contribution < 1.29 is 15.3 Å². The standard InChI is InChI=1S/C12H10O.2C10H9NO.Al/c13-12-8-6-11(7-9-12)10-4-2-1-3-5-10;2*1-7-5-6-8-3-2-4-9(12)10(8)11-7;/h1-9,13H;2*2-6,12H,1H3;/q;;;+3. The third-order valence-corrected chi connectivity index (χ3v) is 5.65. The molecule has 0 amide bonds. The molecule has 6 rings (SSSR count). The van der Waals surface area contributed by atoms with E-state index in [1.807, 2.05) is 105 Å². The van der Waals surface area contributed by atoms with Gasteiger partial charge in [-0.05, 0) is 61.4 Å². The normalized spacial score (nSPS) is 9.95. The van der Waals surface area contributed by atoms with Gasteiger partial charge in [0.2, 0.25) is 0 Å². The maximum absolute atomic E-state index is 9.43. The van der Waals surface area contributed by atoms with Crippen LogP contribution in [0.25, 0.3) is 32.9 Å². The van der Waals surface area contributed by atoms with Crippen molar-refractivity contribution in [3.8, 4) is 28.4 Å². The minimum atomic E-state index is 0. The molecule has 2 heterocycles. The van der Waals surface area contributed by atoms with Crippen LogP contribution in [0.15, 0.2) is 115 Å². The van der Waals surface area contributed by atoms with Crippen LogP contribution in [0.1, 0.15) is 11.4 Å². The van der Waals surface area contributed by atoms with Gasteiger partial charge in [-0.2, -0.15) is 0 Å². The predicted octanol–water partition coefficient (Wildman–Crippen LogP) is 7.18. The van der Waals surface area contributed by atoms with Gasteiger partial charge in [0.1, 0.15) is 28.3 Å². The van der Waals surface area contributed by atoms with Gasteiger partial charge in [-0.25, -0.2) is 9.97 Å². The van der Waals surface area contributed by atoms with E-state index in [4.69, 9.17) is 5.11 Å². The Bertz CT molecular complexity index is 1540. The first-order valence-electron chi connectivity index (χ1n) is 11.9. The van der Waals surface area contributed by atoms with Crippen LogP contribution in [0, 0.1) is 13.8 Å². The summed E-state index contributed by atoms with van der Waals surface area (Å²) in [5, 5.41) is 29.9. The first kappa shape index (κ1) is 28.2. The molecule has 0 aliphatic heterocycles. The van der Waals surface area contributed by atoms with E-state index in [0.29, 0.717) is 16.8 Å². The van der Waals surface area contributed by atoms with Crippen molar-refractivity contribution in [3.63, 3.8) is 0 Å². The zero-order chi connectivity index (χ0) is 26.2. The summed E-state index contributed by atoms with van der Waals surface area (Å²) in [6, 6.07) is 35.9. The van der Waals surface area contributed by atoms with Crippen molar-refractivity contribution in [2.75, 3.05) is 0 Å². The zero-order valence-corrected chi connectivity index (χ0v) is 22.4. The fourth-order valence-corrected chi connectivity index (χ4v) is 3.74. The molecule has 0 atom stereocenters. The van der Waals surface area contributed by atoms with Gasteiger partial charge in [-0.3, -0.25) is 0 Å². The predicted molar refractivity (Wildman–Crippen MR) is 156 cm³/mol. The summed E-state index contributed by atoms with van der Waals surface area (Å²) in [5.74, 6) is 0.798. The van der Waals surface area contributed by atoms with Crippen molar-refractivity contribution >= 4 is 39.2 Å². The quantitative estimate of drug-likeness (QED) is 0.202. The van der Waals surface area contributed by atoms with E-state index in [1.165, 1.54) is 5.56 Å². The number of rotatable bonds is 1. The van der Waals surface area contributed by atoms with E-state index >= 15 is 0 Å². The molecule has 38 heavy (non-hydrogen) atoms. The molecular formula is C32H28AlN2O3+3. The summed E-state index contributed by atoms with van der Waals surface area (Å²) in [4.78, 5) is 8.45. The number of benzene rings is 4. The molecule has 0 saturated heterocycles. The van der Waals surface area contributed by atoms with E-state index in [2.05, 4.69) is 9.97 Å².